The van der Waals surface area contributed by atoms with Gasteiger partial charge >= 0.3 is 0 Å². The summed E-state index contributed by atoms with van der Waals surface area (Å²) in [6, 6.07) is 13.4. The van der Waals surface area contributed by atoms with Crippen molar-refractivity contribution in [2.75, 3.05) is 20.1 Å². The van der Waals surface area contributed by atoms with Crippen LogP contribution in [0.2, 0.25) is 0 Å². The van der Waals surface area contributed by atoms with Crippen LogP contribution < -0.4 is 0 Å². The van der Waals surface area contributed by atoms with Gasteiger partial charge in [-0.2, -0.15) is 0 Å². The molecule has 0 bridgehead atoms. The van der Waals surface area contributed by atoms with Crippen molar-refractivity contribution in [3.63, 3.8) is 0 Å². The van der Waals surface area contributed by atoms with Crippen LogP contribution in [0.15, 0.2) is 42.5 Å². The number of rotatable bonds is 8. The molecule has 1 heterocycles. The van der Waals surface area contributed by atoms with E-state index in [0.29, 0.717) is 12.3 Å². The van der Waals surface area contributed by atoms with Crippen molar-refractivity contribution in [3.8, 4) is 0 Å². The van der Waals surface area contributed by atoms with Crippen molar-refractivity contribution in [2.45, 2.75) is 57.5 Å². The molecule has 0 fully saturated rings. The van der Waals surface area contributed by atoms with Gasteiger partial charge < -0.3 is 10.0 Å². The van der Waals surface area contributed by atoms with E-state index in [1.165, 1.54) is 15.8 Å². The largest absolute Gasteiger partial charge is 0.389 e. The summed E-state index contributed by atoms with van der Waals surface area (Å²) in [4.78, 5) is 7.05. The van der Waals surface area contributed by atoms with Crippen LogP contribution in [0.3, 0.4) is 0 Å². The number of aliphatic hydroxyl groups is 1. The molecular formula is C26H33FN2OS. The fraction of sp³-hybridized carbons (Fsp3) is 0.500. The van der Waals surface area contributed by atoms with Gasteiger partial charge in [-0.3, -0.25) is 0 Å². The summed E-state index contributed by atoms with van der Waals surface area (Å²) in [5.41, 5.74) is 2.55. The van der Waals surface area contributed by atoms with E-state index in [4.69, 9.17) is 4.98 Å². The van der Waals surface area contributed by atoms with E-state index in [1.54, 1.807) is 17.4 Å². The highest BCUT2D eigenvalue weighted by Gasteiger charge is 2.43. The minimum Gasteiger partial charge on any atom is -0.389 e. The Bertz CT molecular complexity index is 1000. The number of aryl methyl sites for hydroxylation is 2. The number of nitrogens with zero attached hydrogens (tertiary/aromatic N) is 2. The standard InChI is InChI=1S/C26H33FN2OS/c1-18(2)25-21-11-10-20(27)17-19(21)12-13-26(25,30)14-16-29(3)15-6-9-24-28-22-7-4-5-8-23(22)31-24/h4-5,7-8,10-11,17-18,25,30H,6,9,12-16H2,1-3H3/t25-,26-/m0/s1. The summed E-state index contributed by atoms with van der Waals surface area (Å²) in [6.45, 7) is 6.17. The van der Waals surface area contributed by atoms with Crippen molar-refractivity contribution in [1.82, 2.24) is 9.88 Å². The Kier molecular flexibility index (Phi) is 6.75. The molecule has 2 aromatic carbocycles. The molecule has 3 aromatic rings. The van der Waals surface area contributed by atoms with E-state index in [-0.39, 0.29) is 11.7 Å². The Labute approximate surface area is 188 Å². The molecular weight excluding hydrogens is 407 g/mol. The van der Waals surface area contributed by atoms with Crippen LogP contribution in [-0.4, -0.2) is 40.7 Å². The number of halogens is 1. The van der Waals surface area contributed by atoms with Gasteiger partial charge in [-0.05, 0) is 80.6 Å². The quantitative estimate of drug-likeness (QED) is 0.480. The zero-order chi connectivity index (χ0) is 22.0. The Morgan fingerprint density at radius 2 is 2.03 bits per heavy atom. The van der Waals surface area contributed by atoms with Crippen LogP contribution >= 0.6 is 11.3 Å². The van der Waals surface area contributed by atoms with Crippen LogP contribution in [-0.2, 0) is 12.8 Å². The van der Waals surface area contributed by atoms with E-state index < -0.39 is 5.60 Å². The average molecular weight is 441 g/mol. The molecule has 0 amide bonds. The average Bonchev–Trinajstić information content (AvgIpc) is 3.15. The molecule has 166 valence electrons. The van der Waals surface area contributed by atoms with Gasteiger partial charge in [0.05, 0.1) is 20.8 Å². The van der Waals surface area contributed by atoms with Gasteiger partial charge in [-0.15, -0.1) is 11.3 Å². The summed E-state index contributed by atoms with van der Waals surface area (Å²) in [7, 11) is 2.14. The van der Waals surface area contributed by atoms with Crippen molar-refractivity contribution >= 4 is 21.6 Å². The zero-order valence-corrected chi connectivity index (χ0v) is 19.6. The third kappa shape index (κ3) is 5.00. The minimum atomic E-state index is -0.736. The van der Waals surface area contributed by atoms with Gasteiger partial charge in [0.1, 0.15) is 5.82 Å². The number of fused-ring (bicyclic) bond motifs is 2. The SMILES string of the molecule is CC(C)[C@H]1c2ccc(F)cc2CC[C@]1(O)CCN(C)CCCc1nc2ccccc2s1. The first-order chi connectivity index (χ1) is 14.9. The summed E-state index contributed by atoms with van der Waals surface area (Å²) in [5, 5.41) is 12.8. The first-order valence-corrected chi connectivity index (χ1v) is 12.2. The zero-order valence-electron chi connectivity index (χ0n) is 18.8. The molecule has 1 aliphatic rings. The number of hydrogen-bond acceptors (Lipinski definition) is 4. The van der Waals surface area contributed by atoms with Crippen LogP contribution in [0.5, 0.6) is 0 Å². The predicted octanol–water partition coefficient (Wildman–Crippen LogP) is 5.81. The number of hydrogen-bond donors (Lipinski definition) is 1. The Balaban J connectivity index is 1.33. The van der Waals surface area contributed by atoms with Gasteiger partial charge in [-0.25, -0.2) is 9.37 Å². The van der Waals surface area contributed by atoms with Crippen LogP contribution in [0.25, 0.3) is 10.2 Å². The normalized spacial score (nSPS) is 21.2. The van der Waals surface area contributed by atoms with Gasteiger partial charge in [0, 0.05) is 18.9 Å². The van der Waals surface area contributed by atoms with Crippen molar-refractivity contribution in [2.24, 2.45) is 5.92 Å². The van der Waals surface area contributed by atoms with E-state index in [2.05, 4.69) is 44.0 Å². The molecule has 1 aromatic heterocycles. The Hall–Kier alpha value is -1.82. The van der Waals surface area contributed by atoms with Gasteiger partial charge in [0.25, 0.3) is 0 Å². The Morgan fingerprint density at radius 3 is 2.81 bits per heavy atom. The van der Waals surface area contributed by atoms with E-state index in [1.807, 2.05) is 12.1 Å². The Morgan fingerprint density at radius 1 is 1.23 bits per heavy atom. The summed E-state index contributed by atoms with van der Waals surface area (Å²) >= 11 is 1.79. The van der Waals surface area contributed by atoms with Gasteiger partial charge in [-0.1, -0.05) is 32.0 Å². The van der Waals surface area contributed by atoms with Crippen LogP contribution in [0.1, 0.15) is 55.2 Å². The predicted molar refractivity (Wildman–Crippen MR) is 127 cm³/mol. The highest BCUT2D eigenvalue weighted by atomic mass is 32.1. The summed E-state index contributed by atoms with van der Waals surface area (Å²) < 4.78 is 15.0. The molecule has 0 aliphatic heterocycles. The molecule has 0 spiro atoms. The molecule has 2 atom stereocenters. The second-order valence-electron chi connectivity index (χ2n) is 9.40. The van der Waals surface area contributed by atoms with Gasteiger partial charge in [0.2, 0.25) is 0 Å². The number of thiazole rings is 1. The topological polar surface area (TPSA) is 36.4 Å². The lowest BCUT2D eigenvalue weighted by atomic mass is 9.66. The molecule has 1 aliphatic carbocycles. The van der Waals surface area contributed by atoms with Crippen molar-refractivity contribution in [3.05, 3.63) is 64.4 Å². The third-order valence-electron chi connectivity index (χ3n) is 6.71. The van der Waals surface area contributed by atoms with Gasteiger partial charge in [0.15, 0.2) is 0 Å². The molecule has 3 nitrogen and oxygen atoms in total. The first-order valence-electron chi connectivity index (χ1n) is 11.4. The number of aromatic nitrogens is 1. The highest BCUT2D eigenvalue weighted by molar-refractivity contribution is 7.18. The van der Waals surface area contributed by atoms with Crippen LogP contribution in [0, 0.1) is 11.7 Å². The van der Waals surface area contributed by atoms with Crippen molar-refractivity contribution < 1.29 is 9.50 Å². The lowest BCUT2D eigenvalue weighted by Gasteiger charge is -2.44. The lowest BCUT2D eigenvalue weighted by molar-refractivity contribution is -0.0300. The molecule has 1 N–H and O–H groups in total. The maximum atomic E-state index is 13.7. The second-order valence-corrected chi connectivity index (χ2v) is 10.5. The monoisotopic (exact) mass is 440 g/mol. The van der Waals surface area contributed by atoms with E-state index in [9.17, 15) is 9.50 Å². The number of para-hydroxylation sites is 1. The molecule has 0 saturated carbocycles. The molecule has 5 heteroatoms. The minimum absolute atomic E-state index is 0.0491. The smallest absolute Gasteiger partial charge is 0.123 e. The number of benzene rings is 2. The fourth-order valence-corrected chi connectivity index (χ4v) is 6.18. The summed E-state index contributed by atoms with van der Waals surface area (Å²) in [5.74, 6) is 0.173. The first kappa shape index (κ1) is 22.4. The molecule has 4 rings (SSSR count). The van der Waals surface area contributed by atoms with Crippen LogP contribution in [0.4, 0.5) is 4.39 Å². The third-order valence-corrected chi connectivity index (χ3v) is 7.80. The molecule has 0 unspecified atom stereocenters. The van der Waals surface area contributed by atoms with E-state index in [0.717, 1.165) is 55.4 Å². The molecule has 0 radical (unpaired) electrons. The van der Waals surface area contributed by atoms with E-state index >= 15 is 0 Å². The maximum Gasteiger partial charge on any atom is 0.123 e. The molecule has 31 heavy (non-hydrogen) atoms. The molecule has 0 saturated heterocycles. The fourth-order valence-electron chi connectivity index (χ4n) is 5.17. The highest BCUT2D eigenvalue weighted by Crippen LogP contribution is 2.45. The summed E-state index contributed by atoms with van der Waals surface area (Å²) in [6.07, 6.45) is 4.23. The lowest BCUT2D eigenvalue weighted by Crippen LogP contribution is -2.45. The maximum absolute atomic E-state index is 13.7. The second kappa shape index (κ2) is 9.35. The van der Waals surface area contributed by atoms with Crippen molar-refractivity contribution in [1.29, 1.82) is 0 Å².